The van der Waals surface area contributed by atoms with E-state index in [1.165, 1.54) is 12.1 Å². The Balaban J connectivity index is 2.41. The van der Waals surface area contributed by atoms with Gasteiger partial charge in [0, 0.05) is 12.4 Å². The van der Waals surface area contributed by atoms with Crippen LogP contribution in [0.5, 0.6) is 0 Å². The van der Waals surface area contributed by atoms with Gasteiger partial charge in [0.1, 0.15) is 11.9 Å². The van der Waals surface area contributed by atoms with Crippen molar-refractivity contribution in [1.82, 2.24) is 15.4 Å². The second-order valence-electron chi connectivity index (χ2n) is 4.28. The summed E-state index contributed by atoms with van der Waals surface area (Å²) < 4.78 is 13.4. The number of nitrogens with two attached hydrogens (primary N) is 1. The minimum absolute atomic E-state index is 0.294. The molecule has 0 aliphatic carbocycles. The van der Waals surface area contributed by atoms with Crippen LogP contribution >= 0.6 is 0 Å². The summed E-state index contributed by atoms with van der Waals surface area (Å²) in [7, 11) is 0. The number of aryl methyl sites for hydroxylation is 2. The fourth-order valence-electron chi connectivity index (χ4n) is 1.80. The number of hydrogen-bond acceptors (Lipinski definition) is 4. The summed E-state index contributed by atoms with van der Waals surface area (Å²) in [6.07, 6.45) is 3.41. The quantitative estimate of drug-likeness (QED) is 0.640. The number of hydrogen-bond donors (Lipinski definition) is 2. The molecule has 18 heavy (non-hydrogen) atoms. The molecule has 0 aliphatic rings. The van der Waals surface area contributed by atoms with Crippen LogP contribution in [0.25, 0.3) is 0 Å². The molecule has 0 amide bonds. The molecule has 1 aromatic carbocycles. The molecular weight excluding hydrogens is 231 g/mol. The van der Waals surface area contributed by atoms with Gasteiger partial charge in [0.2, 0.25) is 0 Å². The normalized spacial score (nSPS) is 12.4. The summed E-state index contributed by atoms with van der Waals surface area (Å²) in [5, 5.41) is 0. The standard InChI is InChI=1S/C13H15FN4/c1-8-3-10(5-11(14)4-8)12(18-15)13-16-6-9(2)7-17-13/h3-7,12,18H,15H2,1-2H3. The monoisotopic (exact) mass is 246 g/mol. The predicted molar refractivity (Wildman–Crippen MR) is 67.1 cm³/mol. The maximum atomic E-state index is 13.4. The predicted octanol–water partition coefficient (Wildman–Crippen LogP) is 1.79. The Bertz CT molecular complexity index is 519. The van der Waals surface area contributed by atoms with Crippen molar-refractivity contribution in [3.05, 3.63) is 58.9 Å². The van der Waals surface area contributed by atoms with Gasteiger partial charge in [-0.25, -0.2) is 19.8 Å². The third-order valence-electron chi connectivity index (χ3n) is 2.62. The first-order valence-electron chi connectivity index (χ1n) is 5.62. The minimum Gasteiger partial charge on any atom is -0.270 e. The smallest absolute Gasteiger partial charge is 0.150 e. The van der Waals surface area contributed by atoms with E-state index in [-0.39, 0.29) is 5.82 Å². The van der Waals surface area contributed by atoms with Gasteiger partial charge in [0.25, 0.3) is 0 Å². The van der Waals surface area contributed by atoms with Crippen LogP contribution in [-0.4, -0.2) is 9.97 Å². The molecule has 0 saturated heterocycles. The highest BCUT2D eigenvalue weighted by atomic mass is 19.1. The minimum atomic E-state index is -0.417. The van der Waals surface area contributed by atoms with Crippen LogP contribution in [-0.2, 0) is 0 Å². The first-order valence-corrected chi connectivity index (χ1v) is 5.62. The molecule has 0 radical (unpaired) electrons. The van der Waals surface area contributed by atoms with Crippen molar-refractivity contribution in [2.45, 2.75) is 19.9 Å². The second kappa shape index (κ2) is 5.20. The molecule has 5 heteroatoms. The van der Waals surface area contributed by atoms with E-state index < -0.39 is 6.04 Å². The maximum absolute atomic E-state index is 13.4. The van der Waals surface area contributed by atoms with Crippen LogP contribution in [0.15, 0.2) is 30.6 Å². The van der Waals surface area contributed by atoms with Gasteiger partial charge in [-0.1, -0.05) is 6.07 Å². The lowest BCUT2D eigenvalue weighted by Crippen LogP contribution is -2.30. The molecule has 0 fully saturated rings. The Labute approximate surface area is 105 Å². The van der Waals surface area contributed by atoms with E-state index in [0.29, 0.717) is 11.4 Å². The van der Waals surface area contributed by atoms with Gasteiger partial charge in [-0.2, -0.15) is 0 Å². The summed E-state index contributed by atoms with van der Waals surface area (Å²) in [6, 6.07) is 4.34. The van der Waals surface area contributed by atoms with Crippen LogP contribution in [0.2, 0.25) is 0 Å². The summed E-state index contributed by atoms with van der Waals surface area (Å²) in [4.78, 5) is 8.42. The molecule has 1 aromatic heterocycles. The Morgan fingerprint density at radius 3 is 2.33 bits per heavy atom. The molecule has 1 heterocycles. The first kappa shape index (κ1) is 12.6. The van der Waals surface area contributed by atoms with E-state index in [1.807, 2.05) is 19.9 Å². The van der Waals surface area contributed by atoms with Crippen molar-refractivity contribution in [2.75, 3.05) is 0 Å². The molecule has 0 aliphatic heterocycles. The third kappa shape index (κ3) is 2.69. The van der Waals surface area contributed by atoms with Gasteiger partial charge >= 0.3 is 0 Å². The van der Waals surface area contributed by atoms with Crippen LogP contribution in [0, 0.1) is 19.7 Å². The lowest BCUT2D eigenvalue weighted by atomic mass is 10.0. The Morgan fingerprint density at radius 2 is 1.78 bits per heavy atom. The zero-order valence-corrected chi connectivity index (χ0v) is 10.3. The lowest BCUT2D eigenvalue weighted by molar-refractivity contribution is 0.584. The number of rotatable bonds is 3. The lowest BCUT2D eigenvalue weighted by Gasteiger charge is -2.15. The molecule has 2 aromatic rings. The van der Waals surface area contributed by atoms with E-state index in [2.05, 4.69) is 15.4 Å². The highest BCUT2D eigenvalue weighted by Crippen LogP contribution is 2.20. The number of hydrazine groups is 1. The van der Waals surface area contributed by atoms with Crippen molar-refractivity contribution >= 4 is 0 Å². The summed E-state index contributed by atoms with van der Waals surface area (Å²) in [6.45, 7) is 3.73. The number of halogens is 1. The maximum Gasteiger partial charge on any atom is 0.150 e. The molecule has 1 unspecified atom stereocenters. The molecule has 4 nitrogen and oxygen atoms in total. The molecule has 94 valence electrons. The molecular formula is C13H15FN4. The molecule has 0 bridgehead atoms. The van der Waals surface area contributed by atoms with E-state index >= 15 is 0 Å². The van der Waals surface area contributed by atoms with Gasteiger partial charge in [0.05, 0.1) is 0 Å². The Hall–Kier alpha value is -1.85. The molecule has 3 N–H and O–H groups in total. The van der Waals surface area contributed by atoms with Crippen LogP contribution < -0.4 is 11.3 Å². The van der Waals surface area contributed by atoms with Crippen LogP contribution in [0.1, 0.15) is 28.6 Å². The van der Waals surface area contributed by atoms with Gasteiger partial charge in [-0.15, -0.1) is 0 Å². The average Bonchev–Trinajstić information content (AvgIpc) is 2.31. The molecule has 2 rings (SSSR count). The Morgan fingerprint density at radius 1 is 1.11 bits per heavy atom. The highest BCUT2D eigenvalue weighted by molar-refractivity contribution is 5.29. The topological polar surface area (TPSA) is 63.8 Å². The van der Waals surface area contributed by atoms with Gasteiger partial charge in [-0.05, 0) is 42.7 Å². The van der Waals surface area contributed by atoms with E-state index in [1.54, 1.807) is 12.4 Å². The van der Waals surface area contributed by atoms with Crippen molar-refractivity contribution in [2.24, 2.45) is 5.84 Å². The highest BCUT2D eigenvalue weighted by Gasteiger charge is 2.16. The summed E-state index contributed by atoms with van der Waals surface area (Å²) >= 11 is 0. The molecule has 0 spiro atoms. The van der Waals surface area contributed by atoms with E-state index in [0.717, 1.165) is 11.1 Å². The fraction of sp³-hybridized carbons (Fsp3) is 0.231. The first-order chi connectivity index (χ1) is 8.60. The molecule has 1 atom stereocenters. The van der Waals surface area contributed by atoms with Crippen molar-refractivity contribution in [3.63, 3.8) is 0 Å². The van der Waals surface area contributed by atoms with Gasteiger partial charge in [-0.3, -0.25) is 5.84 Å². The number of nitrogens with zero attached hydrogens (tertiary/aromatic N) is 2. The van der Waals surface area contributed by atoms with E-state index in [4.69, 9.17) is 5.84 Å². The van der Waals surface area contributed by atoms with Crippen LogP contribution in [0.3, 0.4) is 0 Å². The summed E-state index contributed by atoms with van der Waals surface area (Å²) in [5.74, 6) is 5.75. The zero-order chi connectivity index (χ0) is 13.1. The number of benzene rings is 1. The SMILES string of the molecule is Cc1cnc(C(NN)c2cc(C)cc(F)c2)nc1. The average molecular weight is 246 g/mol. The second-order valence-corrected chi connectivity index (χ2v) is 4.28. The Kier molecular flexibility index (Phi) is 3.64. The zero-order valence-electron chi connectivity index (χ0n) is 10.3. The number of aromatic nitrogens is 2. The molecule has 0 saturated carbocycles. The van der Waals surface area contributed by atoms with Crippen molar-refractivity contribution in [1.29, 1.82) is 0 Å². The number of nitrogens with one attached hydrogen (secondary N) is 1. The summed E-state index contributed by atoms with van der Waals surface area (Å²) in [5.41, 5.74) is 5.12. The van der Waals surface area contributed by atoms with Gasteiger partial charge < -0.3 is 0 Å². The largest absolute Gasteiger partial charge is 0.270 e. The van der Waals surface area contributed by atoms with Crippen molar-refractivity contribution in [3.8, 4) is 0 Å². The van der Waals surface area contributed by atoms with Crippen LogP contribution in [0.4, 0.5) is 4.39 Å². The van der Waals surface area contributed by atoms with Crippen molar-refractivity contribution < 1.29 is 4.39 Å². The van der Waals surface area contributed by atoms with Gasteiger partial charge in [0.15, 0.2) is 5.82 Å². The fourth-order valence-corrected chi connectivity index (χ4v) is 1.80. The van der Waals surface area contributed by atoms with E-state index in [9.17, 15) is 4.39 Å². The third-order valence-corrected chi connectivity index (χ3v) is 2.62.